The fraction of sp³-hybridized carbons (Fsp3) is 1.00. The van der Waals surface area contributed by atoms with Crippen LogP contribution in [0.3, 0.4) is 0 Å². The fourth-order valence-electron chi connectivity index (χ4n) is 4.27. The average molecular weight is 541 g/mol. The van der Waals surface area contributed by atoms with Crippen molar-refractivity contribution in [1.29, 1.82) is 0 Å². The van der Waals surface area contributed by atoms with Crippen molar-refractivity contribution in [3.63, 3.8) is 0 Å². The molecule has 0 aliphatic heterocycles. The van der Waals surface area contributed by atoms with E-state index in [-0.39, 0.29) is 0 Å². The van der Waals surface area contributed by atoms with Crippen LogP contribution in [0.25, 0.3) is 0 Å². The third-order valence-electron chi connectivity index (χ3n) is 5.78. The highest BCUT2D eigenvalue weighted by Gasteiger charge is 2.94. The molecule has 18 heteroatoms. The summed E-state index contributed by atoms with van der Waals surface area (Å²) in [5.74, 6) is 0. The first-order valence-electron chi connectivity index (χ1n) is 9.18. The van der Waals surface area contributed by atoms with Crippen LogP contribution in [0.2, 0.25) is 0 Å². The predicted octanol–water partition coefficient (Wildman–Crippen LogP) is -1.95. The van der Waals surface area contributed by atoms with E-state index in [1.807, 2.05) is 0 Å². The van der Waals surface area contributed by atoms with Gasteiger partial charge in [0.1, 0.15) is 0 Å². The first-order chi connectivity index (χ1) is 15.0. The van der Waals surface area contributed by atoms with E-state index in [4.69, 9.17) is 64.6 Å². The molecule has 0 saturated heterocycles. The van der Waals surface area contributed by atoms with Gasteiger partial charge in [0.2, 0.25) is 0 Å². The summed E-state index contributed by atoms with van der Waals surface area (Å²) in [5, 5.41) is 0. The van der Waals surface area contributed by atoms with Crippen molar-refractivity contribution in [2.24, 2.45) is 11.5 Å². The lowest BCUT2D eigenvalue weighted by molar-refractivity contribution is 0.00607. The molecule has 0 rings (SSSR count). The summed E-state index contributed by atoms with van der Waals surface area (Å²) in [7, 11) is -0.693. The molecule has 194 valence electrons. The maximum absolute atomic E-state index is 7.26. The van der Waals surface area contributed by atoms with E-state index >= 15 is 0 Å². The van der Waals surface area contributed by atoms with Crippen LogP contribution in [0.5, 0.6) is 0 Å². The summed E-state index contributed by atoms with van der Waals surface area (Å²) in [4.78, 5) is -4.29. The van der Waals surface area contributed by atoms with Crippen LogP contribution in [0, 0.1) is 0 Å². The Balaban J connectivity index is 8.30. The number of hydrogen-bond acceptors (Lipinski definition) is 14. The fourth-order valence-corrected chi connectivity index (χ4v) is 22.4. The van der Waals surface area contributed by atoms with Gasteiger partial charge in [-0.15, -0.1) is 0 Å². The molecular formula is C14H40N2O12Si4. The molecule has 0 amide bonds. The van der Waals surface area contributed by atoms with Gasteiger partial charge in [0.15, 0.2) is 9.57 Å². The number of nitrogens with two attached hydrogens (primary N) is 2. The van der Waals surface area contributed by atoms with Gasteiger partial charge in [-0.05, 0) is 0 Å². The second-order valence-electron chi connectivity index (χ2n) is 6.29. The standard InChI is InChI=1S/C14H40N2O12Si4/c1-17-29(18-2,19-3)13(15,30(20-4,21-5)22-6)14(16,31(23-7,24-8)25-9)32(26-10,27-11)28-12/h15-16H2,1-12H3. The second kappa shape index (κ2) is 12.3. The van der Waals surface area contributed by atoms with E-state index in [1.54, 1.807) is 0 Å². The van der Waals surface area contributed by atoms with Crippen molar-refractivity contribution in [3.8, 4) is 0 Å². The Bertz CT molecular complexity index is 441. The summed E-state index contributed by atoms with van der Waals surface area (Å²) < 4.78 is 69.7. The maximum Gasteiger partial charge on any atom is 0.527 e. The summed E-state index contributed by atoms with van der Waals surface area (Å²) >= 11 is 0. The van der Waals surface area contributed by atoms with Gasteiger partial charge >= 0.3 is 35.2 Å². The maximum atomic E-state index is 7.26. The van der Waals surface area contributed by atoms with E-state index in [2.05, 4.69) is 0 Å². The van der Waals surface area contributed by atoms with Crippen LogP contribution in [-0.2, 0) is 53.1 Å². The zero-order valence-electron chi connectivity index (χ0n) is 21.1. The Kier molecular flexibility index (Phi) is 12.4. The Morgan fingerprint density at radius 1 is 0.312 bits per heavy atom. The first kappa shape index (κ1) is 32.3. The summed E-state index contributed by atoms with van der Waals surface area (Å²) in [6.45, 7) is 0. The summed E-state index contributed by atoms with van der Waals surface area (Å²) in [5.41, 5.74) is 14.5. The van der Waals surface area contributed by atoms with Crippen molar-refractivity contribution in [2.45, 2.75) is 9.57 Å². The summed E-state index contributed by atoms with van der Waals surface area (Å²) in [6.07, 6.45) is 0. The van der Waals surface area contributed by atoms with Gasteiger partial charge in [0, 0.05) is 85.3 Å². The van der Waals surface area contributed by atoms with Gasteiger partial charge in [-0.25, -0.2) is 0 Å². The molecule has 0 radical (unpaired) electrons. The monoisotopic (exact) mass is 540 g/mol. The quantitative estimate of drug-likeness (QED) is 0.196. The highest BCUT2D eigenvalue weighted by atomic mass is 28.5. The molecule has 0 bridgehead atoms. The van der Waals surface area contributed by atoms with E-state index < -0.39 is 44.8 Å². The highest BCUT2D eigenvalue weighted by molar-refractivity contribution is 6.96. The lowest BCUT2D eigenvalue weighted by Gasteiger charge is -2.59. The van der Waals surface area contributed by atoms with Gasteiger partial charge in [0.05, 0.1) is 0 Å². The van der Waals surface area contributed by atoms with E-state index in [1.165, 1.54) is 85.3 Å². The first-order valence-corrected chi connectivity index (χ1v) is 16.1. The summed E-state index contributed by atoms with van der Waals surface area (Å²) in [6, 6.07) is 0. The highest BCUT2D eigenvalue weighted by Crippen LogP contribution is 2.48. The molecule has 4 N–H and O–H groups in total. The van der Waals surface area contributed by atoms with Crippen LogP contribution in [0.4, 0.5) is 0 Å². The lowest BCUT2D eigenvalue weighted by Crippen LogP contribution is -3.03. The predicted molar refractivity (Wildman–Crippen MR) is 121 cm³/mol. The van der Waals surface area contributed by atoms with Gasteiger partial charge in [-0.1, -0.05) is 0 Å². The molecule has 14 nitrogen and oxygen atoms in total. The molecule has 0 heterocycles. The Labute approximate surface area is 195 Å². The molecule has 0 spiro atoms. The molecule has 0 atom stereocenters. The molecule has 0 aromatic heterocycles. The SMILES string of the molecule is CO[Si](OC)(OC)C(N)(C(N)([Si](OC)(OC)OC)[Si](OC)(OC)OC)[Si](OC)(OC)OC. The van der Waals surface area contributed by atoms with Gasteiger partial charge in [-0.3, -0.25) is 0 Å². The third-order valence-corrected chi connectivity index (χ3v) is 22.3. The third kappa shape index (κ3) is 3.94. The van der Waals surface area contributed by atoms with Crippen molar-refractivity contribution < 1.29 is 53.1 Å². The molecule has 32 heavy (non-hydrogen) atoms. The molecule has 0 saturated carbocycles. The largest absolute Gasteiger partial charge is 0.527 e. The molecule has 0 aromatic rings. The minimum absolute atomic E-state index is 1.34. The Morgan fingerprint density at radius 2 is 0.406 bits per heavy atom. The molecule has 0 fully saturated rings. The Morgan fingerprint density at radius 3 is 0.469 bits per heavy atom. The van der Waals surface area contributed by atoms with Gasteiger partial charge in [-0.2, -0.15) is 0 Å². The van der Waals surface area contributed by atoms with Crippen LogP contribution in [-0.4, -0.2) is 130 Å². The van der Waals surface area contributed by atoms with Gasteiger partial charge in [0.25, 0.3) is 0 Å². The Hall–Kier alpha value is 0.308. The van der Waals surface area contributed by atoms with Crippen molar-refractivity contribution >= 4 is 35.2 Å². The van der Waals surface area contributed by atoms with Crippen LogP contribution in [0.15, 0.2) is 0 Å². The molecule has 0 aromatic carbocycles. The molecular weight excluding hydrogens is 501 g/mol. The topological polar surface area (TPSA) is 163 Å². The number of hydrogen-bond donors (Lipinski definition) is 2. The van der Waals surface area contributed by atoms with E-state index in [9.17, 15) is 0 Å². The lowest BCUT2D eigenvalue weighted by atomic mass is 10.6. The van der Waals surface area contributed by atoms with Gasteiger partial charge < -0.3 is 64.6 Å². The zero-order valence-corrected chi connectivity index (χ0v) is 25.1. The van der Waals surface area contributed by atoms with Crippen molar-refractivity contribution in [2.75, 3.05) is 85.3 Å². The van der Waals surface area contributed by atoms with Crippen molar-refractivity contribution in [1.82, 2.24) is 0 Å². The van der Waals surface area contributed by atoms with E-state index in [0.29, 0.717) is 0 Å². The minimum atomic E-state index is -4.19. The van der Waals surface area contributed by atoms with Crippen molar-refractivity contribution in [3.05, 3.63) is 0 Å². The van der Waals surface area contributed by atoms with E-state index in [0.717, 1.165) is 0 Å². The molecule has 0 aliphatic carbocycles. The molecule has 0 unspecified atom stereocenters. The minimum Gasteiger partial charge on any atom is -0.376 e. The average Bonchev–Trinajstić information content (AvgIpc) is 2.84. The van der Waals surface area contributed by atoms with Crippen LogP contribution in [0.1, 0.15) is 0 Å². The smallest absolute Gasteiger partial charge is 0.376 e. The second-order valence-corrected chi connectivity index (χ2v) is 19.8. The zero-order chi connectivity index (χ0) is 25.5. The van der Waals surface area contributed by atoms with Crippen LogP contribution < -0.4 is 11.5 Å². The van der Waals surface area contributed by atoms with Crippen LogP contribution >= 0.6 is 0 Å². The normalized spacial score (nSPS) is 14.8. The number of rotatable bonds is 17. The molecule has 0 aliphatic rings.